The molecule has 4 rings (SSSR count). The summed E-state index contributed by atoms with van der Waals surface area (Å²) < 4.78 is 11.2. The number of hydrogen-bond acceptors (Lipinski definition) is 5. The highest BCUT2D eigenvalue weighted by atomic mass is 35.6. The number of nitrogens with zero attached hydrogens (tertiary/aromatic N) is 1. The summed E-state index contributed by atoms with van der Waals surface area (Å²) in [5.74, 6) is -0.519. The molecule has 0 aliphatic carbocycles. The molecule has 2 N–H and O–H groups in total. The molecule has 2 fully saturated rings. The lowest BCUT2D eigenvalue weighted by Gasteiger charge is -2.43. The van der Waals surface area contributed by atoms with Crippen LogP contribution in [0.15, 0.2) is 48.5 Å². The van der Waals surface area contributed by atoms with Gasteiger partial charge in [-0.15, -0.1) is 0 Å². The van der Waals surface area contributed by atoms with Crippen molar-refractivity contribution in [2.45, 2.75) is 74.5 Å². The molecule has 2 saturated heterocycles. The minimum absolute atomic E-state index is 0.000977. The summed E-state index contributed by atoms with van der Waals surface area (Å²) >= 11 is 16.9. The number of rotatable bonds is 7. The molecule has 6 nitrogen and oxygen atoms in total. The van der Waals surface area contributed by atoms with Crippen molar-refractivity contribution in [3.05, 3.63) is 70.8 Å². The molecule has 2 aliphatic rings. The summed E-state index contributed by atoms with van der Waals surface area (Å²) in [6.45, 7) is 5.53. The summed E-state index contributed by atoms with van der Waals surface area (Å²) in [6.07, 6.45) is 5.68. The third-order valence-electron chi connectivity index (χ3n) is 7.47. The lowest BCUT2D eigenvalue weighted by molar-refractivity contribution is -0.276. The van der Waals surface area contributed by atoms with Crippen LogP contribution in [-0.2, 0) is 27.4 Å². The van der Waals surface area contributed by atoms with E-state index in [0.717, 1.165) is 41.9 Å². The maximum Gasteiger partial charge on any atom is 0.272 e. The number of nitrogens with one attached hydrogen (secondary N) is 1. The Morgan fingerprint density at radius 2 is 1.50 bits per heavy atom. The van der Waals surface area contributed by atoms with Gasteiger partial charge in [0.05, 0.1) is 18.8 Å². The fourth-order valence-electron chi connectivity index (χ4n) is 5.15. The standard InChI is InChI=1S/C29H37Cl3N2O4/c1-20-25(18-34-15-5-3-2-4-6-16-34)37-27(38-26(20)23-11-9-22(19-35)10-12-23)24-13-7-21(8-14-24)17-33-28(36)29(30,31)32/h7-14,20,25-27,35H,2-6,15-19H2,1H3,(H,33,36)/t20-,25+,26+,27+/m0/s1. The molecule has 0 saturated carbocycles. The number of amides is 1. The zero-order valence-electron chi connectivity index (χ0n) is 21.8. The van der Waals surface area contributed by atoms with Gasteiger partial charge in [-0.3, -0.25) is 4.79 Å². The number of halogens is 3. The average molecular weight is 584 g/mol. The van der Waals surface area contributed by atoms with Crippen LogP contribution in [-0.4, -0.2) is 45.4 Å². The molecule has 9 heteroatoms. The number of carbonyl (C=O) groups is 1. The minimum atomic E-state index is -1.99. The predicted octanol–water partition coefficient (Wildman–Crippen LogP) is 6.22. The number of aliphatic hydroxyl groups excluding tert-OH is 1. The first kappa shape index (κ1) is 29.6. The molecule has 38 heavy (non-hydrogen) atoms. The second-order valence-electron chi connectivity index (χ2n) is 10.3. The summed E-state index contributed by atoms with van der Waals surface area (Å²) in [5.41, 5.74) is 3.73. The van der Waals surface area contributed by atoms with Crippen molar-refractivity contribution in [3.8, 4) is 0 Å². The van der Waals surface area contributed by atoms with Crippen LogP contribution in [0.25, 0.3) is 0 Å². The van der Waals surface area contributed by atoms with Gasteiger partial charge in [-0.05, 0) is 42.6 Å². The molecule has 0 aromatic heterocycles. The van der Waals surface area contributed by atoms with E-state index in [9.17, 15) is 9.90 Å². The van der Waals surface area contributed by atoms with Gasteiger partial charge in [0, 0.05) is 24.6 Å². The van der Waals surface area contributed by atoms with Crippen LogP contribution < -0.4 is 5.32 Å². The largest absolute Gasteiger partial charge is 0.392 e. The molecule has 0 spiro atoms. The van der Waals surface area contributed by atoms with Crippen molar-refractivity contribution in [1.29, 1.82) is 0 Å². The number of ether oxygens (including phenoxy) is 2. The number of alkyl halides is 3. The van der Waals surface area contributed by atoms with Crippen LogP contribution in [0.2, 0.25) is 0 Å². The van der Waals surface area contributed by atoms with Crippen LogP contribution in [0.3, 0.4) is 0 Å². The molecular weight excluding hydrogens is 547 g/mol. The van der Waals surface area contributed by atoms with E-state index < -0.39 is 16.0 Å². The zero-order chi connectivity index (χ0) is 27.1. The molecule has 2 aliphatic heterocycles. The predicted molar refractivity (Wildman–Crippen MR) is 151 cm³/mol. The van der Waals surface area contributed by atoms with Crippen molar-refractivity contribution in [1.82, 2.24) is 10.2 Å². The van der Waals surface area contributed by atoms with Gasteiger partial charge in [0.1, 0.15) is 0 Å². The van der Waals surface area contributed by atoms with Crippen LogP contribution in [0.1, 0.15) is 73.7 Å². The maximum absolute atomic E-state index is 11.9. The van der Waals surface area contributed by atoms with E-state index in [0.29, 0.717) is 0 Å². The van der Waals surface area contributed by atoms with Crippen LogP contribution in [0.4, 0.5) is 0 Å². The molecule has 2 heterocycles. The first-order valence-corrected chi connectivity index (χ1v) is 14.5. The second kappa shape index (κ2) is 13.8. The lowest BCUT2D eigenvalue weighted by Crippen LogP contribution is -2.45. The minimum Gasteiger partial charge on any atom is -0.392 e. The van der Waals surface area contributed by atoms with Gasteiger partial charge >= 0.3 is 0 Å². The van der Waals surface area contributed by atoms with Gasteiger partial charge in [-0.2, -0.15) is 0 Å². The van der Waals surface area contributed by atoms with Crippen molar-refractivity contribution >= 4 is 40.7 Å². The Kier molecular flexibility index (Phi) is 10.7. The highest BCUT2D eigenvalue weighted by Crippen LogP contribution is 2.42. The third-order valence-corrected chi connectivity index (χ3v) is 7.99. The van der Waals surface area contributed by atoms with Gasteiger partial charge in [-0.1, -0.05) is 110 Å². The molecule has 208 valence electrons. The molecule has 4 atom stereocenters. The molecule has 0 radical (unpaired) electrons. The van der Waals surface area contributed by atoms with Gasteiger partial charge in [0.2, 0.25) is 0 Å². The fraction of sp³-hybridized carbons (Fsp3) is 0.552. The summed E-state index contributed by atoms with van der Waals surface area (Å²) in [6, 6.07) is 15.7. The Bertz CT molecular complexity index is 1020. The number of aliphatic hydroxyl groups is 1. The van der Waals surface area contributed by atoms with Crippen LogP contribution in [0, 0.1) is 5.92 Å². The van der Waals surface area contributed by atoms with Crippen molar-refractivity contribution < 1.29 is 19.4 Å². The van der Waals surface area contributed by atoms with Crippen molar-refractivity contribution in [3.63, 3.8) is 0 Å². The summed E-state index contributed by atoms with van der Waals surface area (Å²) in [5, 5.41) is 12.1. The first-order valence-electron chi connectivity index (χ1n) is 13.4. The Labute approximate surface area is 240 Å². The SMILES string of the molecule is C[C@H]1[C@@H](CN2CCCCCCC2)O[C@@H](c2ccc(CNC(=O)C(Cl)(Cl)Cl)cc2)O[C@H]1c1ccc(CO)cc1. The molecule has 2 aromatic rings. The van der Waals surface area contributed by atoms with Crippen LogP contribution in [0.5, 0.6) is 0 Å². The first-order chi connectivity index (χ1) is 18.2. The number of carbonyl (C=O) groups excluding carboxylic acids is 1. The molecule has 0 bridgehead atoms. The molecular formula is C29H37Cl3N2O4. The van der Waals surface area contributed by atoms with E-state index in [-0.39, 0.29) is 31.3 Å². The average Bonchev–Trinajstić information content (AvgIpc) is 2.89. The van der Waals surface area contributed by atoms with Gasteiger partial charge in [-0.25, -0.2) is 0 Å². The van der Waals surface area contributed by atoms with Crippen molar-refractivity contribution in [2.24, 2.45) is 5.92 Å². The Morgan fingerprint density at radius 3 is 2.11 bits per heavy atom. The van der Waals surface area contributed by atoms with E-state index >= 15 is 0 Å². The van der Waals surface area contributed by atoms with Gasteiger partial charge in [0.25, 0.3) is 9.70 Å². The maximum atomic E-state index is 11.9. The number of likely N-dealkylation sites (tertiary alicyclic amines) is 1. The highest BCUT2D eigenvalue weighted by molar-refractivity contribution is 6.76. The normalized spacial score (nSPS) is 25.4. The third kappa shape index (κ3) is 8.07. The quantitative estimate of drug-likeness (QED) is 0.379. The van der Waals surface area contributed by atoms with E-state index in [4.69, 9.17) is 44.3 Å². The Hall–Kier alpha value is -1.38. The molecule has 1 amide bonds. The lowest BCUT2D eigenvalue weighted by atomic mass is 9.89. The van der Waals surface area contributed by atoms with E-state index in [1.165, 1.54) is 32.1 Å². The van der Waals surface area contributed by atoms with E-state index in [2.05, 4.69) is 17.1 Å². The van der Waals surface area contributed by atoms with Crippen LogP contribution >= 0.6 is 34.8 Å². The smallest absolute Gasteiger partial charge is 0.272 e. The topological polar surface area (TPSA) is 71.0 Å². The Balaban J connectivity index is 1.51. The Morgan fingerprint density at radius 1 is 0.921 bits per heavy atom. The molecule has 0 unspecified atom stereocenters. The second-order valence-corrected chi connectivity index (χ2v) is 12.6. The van der Waals surface area contributed by atoms with Crippen molar-refractivity contribution in [2.75, 3.05) is 19.6 Å². The van der Waals surface area contributed by atoms with E-state index in [1.54, 1.807) is 0 Å². The summed E-state index contributed by atoms with van der Waals surface area (Å²) in [7, 11) is 0. The highest BCUT2D eigenvalue weighted by Gasteiger charge is 2.39. The van der Waals surface area contributed by atoms with Gasteiger partial charge < -0.3 is 24.8 Å². The molecule has 2 aromatic carbocycles. The monoisotopic (exact) mass is 582 g/mol. The summed E-state index contributed by atoms with van der Waals surface area (Å²) in [4.78, 5) is 14.4. The fourth-order valence-corrected chi connectivity index (χ4v) is 5.35. The number of benzene rings is 2. The van der Waals surface area contributed by atoms with Gasteiger partial charge in [0.15, 0.2) is 6.29 Å². The number of hydrogen-bond donors (Lipinski definition) is 2. The zero-order valence-corrected chi connectivity index (χ0v) is 24.0. The van der Waals surface area contributed by atoms with E-state index in [1.807, 2.05) is 48.5 Å².